The van der Waals surface area contributed by atoms with Crippen LogP contribution in [-0.2, 0) is 14.8 Å². The van der Waals surface area contributed by atoms with E-state index in [0.29, 0.717) is 57.0 Å². The summed E-state index contributed by atoms with van der Waals surface area (Å²) in [5.41, 5.74) is 0.364. The lowest BCUT2D eigenvalue weighted by Crippen LogP contribution is -2.43. The lowest BCUT2D eigenvalue weighted by molar-refractivity contribution is -0.126. The van der Waals surface area contributed by atoms with Gasteiger partial charge >= 0.3 is 0 Å². The maximum absolute atomic E-state index is 12.9. The molecule has 1 aromatic rings. The average Bonchev–Trinajstić information content (AvgIpc) is 2.73. The van der Waals surface area contributed by atoms with Gasteiger partial charge in [-0.1, -0.05) is 33.8 Å². The molecule has 2 amide bonds. The number of carbonyl (C=O) groups is 2. The van der Waals surface area contributed by atoms with Gasteiger partial charge in [0.25, 0.3) is 5.91 Å². The molecule has 30 heavy (non-hydrogen) atoms. The summed E-state index contributed by atoms with van der Waals surface area (Å²) in [6.07, 6.45) is 2.20. The Morgan fingerprint density at radius 2 is 1.80 bits per heavy atom. The molecule has 1 aromatic carbocycles. The number of benzene rings is 1. The lowest BCUT2D eigenvalue weighted by atomic mass is 9.95. The first kappa shape index (κ1) is 24.3. The number of nitrogens with zero attached hydrogens (tertiary/aromatic N) is 2. The number of hydrogen-bond acceptors (Lipinski definition) is 4. The average molecular weight is 438 g/mol. The normalized spacial score (nSPS) is 15.6. The van der Waals surface area contributed by atoms with Crippen molar-refractivity contribution < 1.29 is 18.0 Å². The standard InChI is InChI=1S/C22H35N3O4S/c1-5-25(6-2)30(28,29)20-9-7-8-19(16-20)22(27)24-14-11-18(12-15-24)21(26)23-13-10-17(3)4/h7-9,16-18H,5-6,10-15H2,1-4H3,(H,23,26). The van der Waals surface area contributed by atoms with Crippen LogP contribution in [-0.4, -0.2) is 62.2 Å². The molecule has 7 nitrogen and oxygen atoms in total. The number of hydrogen-bond donors (Lipinski definition) is 1. The number of rotatable bonds is 9. The van der Waals surface area contributed by atoms with E-state index in [2.05, 4.69) is 19.2 Å². The molecule has 168 valence electrons. The Balaban J connectivity index is 2.00. The highest BCUT2D eigenvalue weighted by molar-refractivity contribution is 7.89. The highest BCUT2D eigenvalue weighted by atomic mass is 32.2. The first-order valence-corrected chi connectivity index (χ1v) is 12.3. The molecule has 0 aromatic heterocycles. The van der Waals surface area contributed by atoms with E-state index in [0.717, 1.165) is 6.42 Å². The summed E-state index contributed by atoms with van der Waals surface area (Å²) in [5.74, 6) is 0.349. The fourth-order valence-corrected chi connectivity index (χ4v) is 5.16. The van der Waals surface area contributed by atoms with Gasteiger partial charge < -0.3 is 10.2 Å². The molecule has 2 rings (SSSR count). The maximum atomic E-state index is 12.9. The summed E-state index contributed by atoms with van der Waals surface area (Å²) in [4.78, 5) is 27.1. The van der Waals surface area contributed by atoms with Crippen LogP contribution in [0.2, 0.25) is 0 Å². The molecule has 1 saturated heterocycles. The largest absolute Gasteiger partial charge is 0.356 e. The topological polar surface area (TPSA) is 86.8 Å². The van der Waals surface area contributed by atoms with Gasteiger partial charge in [-0.3, -0.25) is 9.59 Å². The third-order valence-electron chi connectivity index (χ3n) is 5.60. The van der Waals surface area contributed by atoms with Crippen LogP contribution in [0.1, 0.15) is 57.3 Å². The molecule has 8 heteroatoms. The Morgan fingerprint density at radius 1 is 1.17 bits per heavy atom. The molecule has 0 unspecified atom stereocenters. The molecule has 0 spiro atoms. The van der Waals surface area contributed by atoms with Crippen molar-refractivity contribution in [3.05, 3.63) is 29.8 Å². The van der Waals surface area contributed by atoms with Crippen LogP contribution in [0.3, 0.4) is 0 Å². The molecular weight excluding hydrogens is 402 g/mol. The van der Waals surface area contributed by atoms with Crippen LogP contribution in [0, 0.1) is 11.8 Å². The van der Waals surface area contributed by atoms with Crippen molar-refractivity contribution in [3.63, 3.8) is 0 Å². The summed E-state index contributed by atoms with van der Waals surface area (Å²) in [6.45, 7) is 10.3. The molecule has 1 N–H and O–H groups in total. The minimum Gasteiger partial charge on any atom is -0.356 e. The Hall–Kier alpha value is -1.93. The van der Waals surface area contributed by atoms with Crippen LogP contribution in [0.25, 0.3) is 0 Å². The third-order valence-corrected chi connectivity index (χ3v) is 7.64. The van der Waals surface area contributed by atoms with Gasteiger partial charge in [-0.15, -0.1) is 0 Å². The molecule has 0 bridgehead atoms. The molecular formula is C22H35N3O4S. The molecule has 0 aliphatic carbocycles. The first-order chi connectivity index (χ1) is 14.2. The van der Waals surface area contributed by atoms with Crippen LogP contribution >= 0.6 is 0 Å². The van der Waals surface area contributed by atoms with Crippen LogP contribution in [0.15, 0.2) is 29.2 Å². The van der Waals surface area contributed by atoms with Crippen molar-refractivity contribution in [2.75, 3.05) is 32.7 Å². The third kappa shape index (κ3) is 6.04. The van der Waals surface area contributed by atoms with Crippen LogP contribution in [0.5, 0.6) is 0 Å². The predicted octanol–water partition coefficient (Wildman–Crippen LogP) is 2.73. The number of piperidine rings is 1. The summed E-state index contributed by atoms with van der Waals surface area (Å²) in [5, 5.41) is 2.99. The molecule has 1 aliphatic heterocycles. The van der Waals surface area contributed by atoms with E-state index in [-0.39, 0.29) is 22.6 Å². The van der Waals surface area contributed by atoms with E-state index in [4.69, 9.17) is 0 Å². The van der Waals surface area contributed by atoms with E-state index in [1.54, 1.807) is 30.9 Å². The van der Waals surface area contributed by atoms with Crippen LogP contribution < -0.4 is 5.32 Å². The van der Waals surface area contributed by atoms with Gasteiger partial charge in [-0.2, -0.15) is 4.31 Å². The zero-order valence-corrected chi connectivity index (χ0v) is 19.4. The highest BCUT2D eigenvalue weighted by Gasteiger charge is 2.29. The van der Waals surface area contributed by atoms with E-state index in [1.165, 1.54) is 16.4 Å². The van der Waals surface area contributed by atoms with Gasteiger partial charge in [0, 0.05) is 44.2 Å². The number of nitrogens with one attached hydrogen (secondary N) is 1. The summed E-state index contributed by atoms with van der Waals surface area (Å²) in [7, 11) is -3.61. The van der Waals surface area contributed by atoms with Crippen LogP contribution in [0.4, 0.5) is 0 Å². The van der Waals surface area contributed by atoms with Crippen molar-refractivity contribution in [1.29, 1.82) is 0 Å². The second-order valence-electron chi connectivity index (χ2n) is 8.16. The smallest absolute Gasteiger partial charge is 0.253 e. The van der Waals surface area contributed by atoms with Crippen molar-refractivity contribution in [3.8, 4) is 0 Å². The van der Waals surface area contributed by atoms with Crippen molar-refractivity contribution in [2.45, 2.75) is 51.9 Å². The van der Waals surface area contributed by atoms with Crippen molar-refractivity contribution in [1.82, 2.24) is 14.5 Å². The molecule has 0 radical (unpaired) electrons. The van der Waals surface area contributed by atoms with E-state index >= 15 is 0 Å². The number of likely N-dealkylation sites (tertiary alicyclic amines) is 1. The zero-order chi connectivity index (χ0) is 22.3. The van der Waals surface area contributed by atoms with E-state index in [9.17, 15) is 18.0 Å². The predicted molar refractivity (Wildman–Crippen MR) is 118 cm³/mol. The van der Waals surface area contributed by atoms with Gasteiger partial charge in [0.2, 0.25) is 15.9 Å². The fraction of sp³-hybridized carbons (Fsp3) is 0.636. The first-order valence-electron chi connectivity index (χ1n) is 10.9. The molecule has 0 atom stereocenters. The van der Waals surface area contributed by atoms with Gasteiger partial charge in [0.1, 0.15) is 0 Å². The van der Waals surface area contributed by atoms with E-state index < -0.39 is 10.0 Å². The van der Waals surface area contributed by atoms with Crippen molar-refractivity contribution in [2.24, 2.45) is 11.8 Å². The van der Waals surface area contributed by atoms with E-state index in [1.807, 2.05) is 0 Å². The van der Waals surface area contributed by atoms with Crippen molar-refractivity contribution >= 4 is 21.8 Å². The number of carbonyl (C=O) groups excluding carboxylic acids is 2. The molecule has 1 fully saturated rings. The Bertz CT molecular complexity index is 827. The molecule has 1 aliphatic rings. The second kappa shape index (κ2) is 10.9. The molecule has 0 saturated carbocycles. The zero-order valence-electron chi connectivity index (χ0n) is 18.6. The lowest BCUT2D eigenvalue weighted by Gasteiger charge is -2.31. The SMILES string of the molecule is CCN(CC)S(=O)(=O)c1cccc(C(=O)N2CCC(C(=O)NCCC(C)C)CC2)c1. The maximum Gasteiger partial charge on any atom is 0.253 e. The molecule has 1 heterocycles. The summed E-state index contributed by atoms with van der Waals surface area (Å²) >= 11 is 0. The van der Waals surface area contributed by atoms with Gasteiger partial charge in [-0.25, -0.2) is 8.42 Å². The quantitative estimate of drug-likeness (QED) is 0.644. The number of sulfonamides is 1. The summed E-state index contributed by atoms with van der Waals surface area (Å²) in [6, 6.07) is 6.24. The van der Waals surface area contributed by atoms with Gasteiger partial charge in [-0.05, 0) is 43.4 Å². The highest BCUT2D eigenvalue weighted by Crippen LogP contribution is 2.22. The Kier molecular flexibility index (Phi) is 8.85. The number of amides is 2. The second-order valence-corrected chi connectivity index (χ2v) is 10.1. The Morgan fingerprint density at radius 3 is 2.37 bits per heavy atom. The minimum atomic E-state index is -3.61. The van der Waals surface area contributed by atoms with Gasteiger partial charge in [0.05, 0.1) is 4.90 Å². The fourth-order valence-electron chi connectivity index (χ4n) is 3.66. The monoisotopic (exact) mass is 437 g/mol. The Labute approximate surface area is 180 Å². The minimum absolute atomic E-state index is 0.0649. The van der Waals surface area contributed by atoms with Gasteiger partial charge in [0.15, 0.2) is 0 Å². The summed E-state index contributed by atoms with van der Waals surface area (Å²) < 4.78 is 26.9.